The maximum atomic E-state index is 5.91. The Morgan fingerprint density at radius 3 is 1.11 bits per heavy atom. The largest absolute Gasteiger partial charge is 0.489 e. The van der Waals surface area contributed by atoms with Crippen LogP contribution in [-0.4, -0.2) is 19.9 Å². The van der Waals surface area contributed by atoms with Gasteiger partial charge in [0, 0.05) is 35.9 Å². The SMILES string of the molecule is Cc1ccc(-c2ccc(COc3ccc(OCc4ccc(-c5ccc(C)cn5)nc4)cc3)cn2)nc1. The van der Waals surface area contributed by atoms with Gasteiger partial charge in [0.2, 0.25) is 0 Å². The van der Waals surface area contributed by atoms with Crippen LogP contribution in [0, 0.1) is 13.8 Å². The van der Waals surface area contributed by atoms with E-state index < -0.39 is 0 Å². The molecule has 0 unspecified atom stereocenters. The van der Waals surface area contributed by atoms with E-state index in [0.717, 1.165) is 56.5 Å². The lowest BCUT2D eigenvalue weighted by molar-refractivity contribution is 0.297. The molecule has 0 fully saturated rings. The van der Waals surface area contributed by atoms with E-state index in [-0.39, 0.29) is 0 Å². The average Bonchev–Trinajstić information content (AvgIpc) is 2.93. The third-order valence-corrected chi connectivity index (χ3v) is 5.63. The summed E-state index contributed by atoms with van der Waals surface area (Å²) in [6, 6.07) is 23.6. The quantitative estimate of drug-likeness (QED) is 0.260. The van der Waals surface area contributed by atoms with E-state index >= 15 is 0 Å². The number of aromatic nitrogens is 4. The van der Waals surface area contributed by atoms with Crippen LogP contribution in [0.2, 0.25) is 0 Å². The van der Waals surface area contributed by atoms with E-state index in [1.54, 1.807) is 0 Å². The monoisotopic (exact) mass is 474 g/mol. The van der Waals surface area contributed by atoms with Gasteiger partial charge < -0.3 is 9.47 Å². The van der Waals surface area contributed by atoms with Crippen LogP contribution < -0.4 is 9.47 Å². The maximum Gasteiger partial charge on any atom is 0.120 e. The molecule has 0 aliphatic carbocycles. The van der Waals surface area contributed by atoms with E-state index in [9.17, 15) is 0 Å². The molecule has 0 N–H and O–H groups in total. The number of hydrogen-bond donors (Lipinski definition) is 0. The van der Waals surface area contributed by atoms with Crippen LogP contribution in [0.3, 0.4) is 0 Å². The Morgan fingerprint density at radius 2 is 0.806 bits per heavy atom. The van der Waals surface area contributed by atoms with Crippen LogP contribution in [0.1, 0.15) is 22.3 Å². The second-order valence-corrected chi connectivity index (χ2v) is 8.59. The fourth-order valence-corrected chi connectivity index (χ4v) is 3.53. The van der Waals surface area contributed by atoms with Gasteiger partial charge in [-0.05, 0) is 73.5 Å². The van der Waals surface area contributed by atoms with Gasteiger partial charge in [-0.25, -0.2) is 0 Å². The molecule has 178 valence electrons. The predicted octanol–water partition coefficient (Wildman–Crippen LogP) is 6.38. The highest BCUT2D eigenvalue weighted by Crippen LogP contribution is 2.21. The van der Waals surface area contributed by atoms with Crippen molar-refractivity contribution in [3.8, 4) is 34.3 Å². The Balaban J connectivity index is 1.11. The van der Waals surface area contributed by atoms with Gasteiger partial charge in [-0.2, -0.15) is 0 Å². The zero-order valence-electron chi connectivity index (χ0n) is 20.3. The van der Waals surface area contributed by atoms with Gasteiger partial charge in [0.1, 0.15) is 24.7 Å². The molecule has 1 aromatic carbocycles. The number of ether oxygens (including phenoxy) is 2. The molecule has 0 radical (unpaired) electrons. The first-order chi connectivity index (χ1) is 17.6. The standard InChI is InChI=1S/C30H26N4O2/c1-21-3-11-27(31-15-21)29-13-5-23(17-33-29)19-35-25-7-9-26(10-8-25)36-20-24-6-14-30(34-18-24)28-12-4-22(2)16-32-28/h3-18H,19-20H2,1-2H3. The first-order valence-electron chi connectivity index (χ1n) is 11.7. The minimum Gasteiger partial charge on any atom is -0.489 e. The lowest BCUT2D eigenvalue weighted by Crippen LogP contribution is -1.98. The minimum absolute atomic E-state index is 0.433. The molecule has 0 spiro atoms. The first-order valence-corrected chi connectivity index (χ1v) is 11.7. The summed E-state index contributed by atoms with van der Waals surface area (Å²) in [7, 11) is 0. The highest BCUT2D eigenvalue weighted by molar-refractivity contribution is 5.54. The number of hydrogen-bond acceptors (Lipinski definition) is 6. The number of rotatable bonds is 8. The summed E-state index contributed by atoms with van der Waals surface area (Å²) in [5.41, 5.74) is 7.64. The summed E-state index contributed by atoms with van der Waals surface area (Å²) in [6.45, 7) is 4.90. The van der Waals surface area contributed by atoms with E-state index in [1.807, 2.05) is 111 Å². The summed E-state index contributed by atoms with van der Waals surface area (Å²) in [5, 5.41) is 0. The van der Waals surface area contributed by atoms with Gasteiger partial charge in [0.25, 0.3) is 0 Å². The van der Waals surface area contributed by atoms with Crippen molar-refractivity contribution in [3.05, 3.63) is 120 Å². The van der Waals surface area contributed by atoms with E-state index in [4.69, 9.17) is 9.47 Å². The Labute approximate surface area is 210 Å². The number of benzene rings is 1. The molecule has 4 heterocycles. The molecule has 0 atom stereocenters. The molecule has 36 heavy (non-hydrogen) atoms. The van der Waals surface area contributed by atoms with Gasteiger partial charge in [-0.3, -0.25) is 19.9 Å². The smallest absolute Gasteiger partial charge is 0.120 e. The van der Waals surface area contributed by atoms with Crippen LogP contribution in [-0.2, 0) is 13.2 Å². The second kappa shape index (κ2) is 10.8. The second-order valence-electron chi connectivity index (χ2n) is 8.59. The molecule has 0 bridgehead atoms. The van der Waals surface area contributed by atoms with Crippen LogP contribution >= 0.6 is 0 Å². The Morgan fingerprint density at radius 1 is 0.444 bits per heavy atom. The van der Waals surface area contributed by atoms with Crippen molar-refractivity contribution >= 4 is 0 Å². The molecular formula is C30H26N4O2. The number of pyridine rings is 4. The molecule has 0 saturated heterocycles. The van der Waals surface area contributed by atoms with Crippen molar-refractivity contribution in [2.24, 2.45) is 0 Å². The van der Waals surface area contributed by atoms with Gasteiger partial charge in [0.05, 0.1) is 22.8 Å². The first kappa shape index (κ1) is 23.2. The average molecular weight is 475 g/mol. The molecule has 0 amide bonds. The van der Waals surface area contributed by atoms with Crippen molar-refractivity contribution in [3.63, 3.8) is 0 Å². The normalized spacial score (nSPS) is 10.7. The van der Waals surface area contributed by atoms with Crippen molar-refractivity contribution in [1.29, 1.82) is 0 Å². The van der Waals surface area contributed by atoms with E-state index in [0.29, 0.717) is 13.2 Å². The van der Waals surface area contributed by atoms with Gasteiger partial charge >= 0.3 is 0 Å². The number of nitrogens with zero attached hydrogens (tertiary/aromatic N) is 4. The summed E-state index contributed by atoms with van der Waals surface area (Å²) in [4.78, 5) is 17.9. The van der Waals surface area contributed by atoms with Gasteiger partial charge in [-0.1, -0.05) is 24.3 Å². The topological polar surface area (TPSA) is 70.0 Å². The Bertz CT molecular complexity index is 1290. The summed E-state index contributed by atoms with van der Waals surface area (Å²) < 4.78 is 11.8. The Hall–Kier alpha value is -4.58. The predicted molar refractivity (Wildman–Crippen MR) is 140 cm³/mol. The molecule has 5 aromatic rings. The lowest BCUT2D eigenvalue weighted by Gasteiger charge is -2.09. The minimum atomic E-state index is 0.433. The zero-order chi connectivity index (χ0) is 24.7. The fraction of sp³-hybridized carbons (Fsp3) is 0.133. The van der Waals surface area contributed by atoms with Crippen LogP contribution in [0.15, 0.2) is 97.6 Å². The molecule has 0 saturated carbocycles. The highest BCUT2D eigenvalue weighted by atomic mass is 16.5. The van der Waals surface area contributed by atoms with Crippen molar-refractivity contribution in [2.75, 3.05) is 0 Å². The zero-order valence-corrected chi connectivity index (χ0v) is 20.3. The van der Waals surface area contributed by atoms with Crippen molar-refractivity contribution in [2.45, 2.75) is 27.1 Å². The third kappa shape index (κ3) is 5.91. The van der Waals surface area contributed by atoms with E-state index in [2.05, 4.69) is 19.9 Å². The molecule has 5 rings (SSSR count). The van der Waals surface area contributed by atoms with Crippen LogP contribution in [0.4, 0.5) is 0 Å². The molecule has 6 heteroatoms. The lowest BCUT2D eigenvalue weighted by atomic mass is 10.2. The van der Waals surface area contributed by atoms with Crippen molar-refractivity contribution in [1.82, 2.24) is 19.9 Å². The third-order valence-electron chi connectivity index (χ3n) is 5.63. The van der Waals surface area contributed by atoms with Gasteiger partial charge in [-0.15, -0.1) is 0 Å². The van der Waals surface area contributed by atoms with Gasteiger partial charge in [0.15, 0.2) is 0 Å². The molecular weight excluding hydrogens is 448 g/mol. The summed E-state index contributed by atoms with van der Waals surface area (Å²) in [6.07, 6.45) is 7.33. The molecule has 0 aliphatic rings. The number of aryl methyl sites for hydroxylation is 2. The summed E-state index contributed by atoms with van der Waals surface area (Å²) in [5.74, 6) is 1.53. The molecule has 6 nitrogen and oxygen atoms in total. The molecule has 4 aromatic heterocycles. The maximum absolute atomic E-state index is 5.91. The molecule has 0 aliphatic heterocycles. The van der Waals surface area contributed by atoms with E-state index in [1.165, 1.54) is 0 Å². The summed E-state index contributed by atoms with van der Waals surface area (Å²) >= 11 is 0. The highest BCUT2D eigenvalue weighted by Gasteiger charge is 2.04. The Kier molecular flexibility index (Phi) is 6.94. The van der Waals surface area contributed by atoms with Crippen LogP contribution in [0.25, 0.3) is 22.8 Å². The fourth-order valence-electron chi connectivity index (χ4n) is 3.53. The van der Waals surface area contributed by atoms with Crippen molar-refractivity contribution < 1.29 is 9.47 Å². The van der Waals surface area contributed by atoms with Crippen LogP contribution in [0.5, 0.6) is 11.5 Å².